The Labute approximate surface area is 183 Å². The highest BCUT2D eigenvalue weighted by Crippen LogP contribution is 2.26. The summed E-state index contributed by atoms with van der Waals surface area (Å²) in [5, 5.41) is 11.1. The number of carbonyl (C=O) groups excluding carboxylic acids is 1. The smallest absolute Gasteiger partial charge is 0.222 e. The van der Waals surface area contributed by atoms with Crippen molar-refractivity contribution in [1.82, 2.24) is 20.1 Å². The summed E-state index contributed by atoms with van der Waals surface area (Å²) in [7, 11) is 1.61. The zero-order valence-corrected chi connectivity index (χ0v) is 18.2. The molecular formula is C20H20Cl2N4O2S. The van der Waals surface area contributed by atoms with Gasteiger partial charge in [0.05, 0.1) is 13.2 Å². The molecule has 0 saturated heterocycles. The number of benzene rings is 2. The fourth-order valence-corrected chi connectivity index (χ4v) is 3.74. The molecule has 0 spiro atoms. The minimum atomic E-state index is -0.245. The Bertz CT molecular complexity index is 1060. The molecule has 1 heterocycles. The molecule has 1 unspecified atom stereocenters. The van der Waals surface area contributed by atoms with Gasteiger partial charge in [0.1, 0.15) is 5.75 Å². The molecule has 1 amide bonds. The Balaban J connectivity index is 1.67. The molecule has 152 valence electrons. The lowest BCUT2D eigenvalue weighted by Gasteiger charge is -2.16. The molecule has 0 aliphatic heterocycles. The normalized spacial score (nSPS) is 11.9. The number of amides is 1. The summed E-state index contributed by atoms with van der Waals surface area (Å²) in [5.41, 5.74) is 1.68. The predicted octanol–water partition coefficient (Wildman–Crippen LogP) is 5.19. The number of hydrogen-bond acceptors (Lipinski definition) is 4. The van der Waals surface area contributed by atoms with E-state index in [1.165, 1.54) is 0 Å². The van der Waals surface area contributed by atoms with E-state index in [2.05, 4.69) is 15.5 Å². The molecule has 29 heavy (non-hydrogen) atoms. The first-order valence-electron chi connectivity index (χ1n) is 8.93. The Morgan fingerprint density at radius 1 is 1.28 bits per heavy atom. The largest absolute Gasteiger partial charge is 0.497 e. The van der Waals surface area contributed by atoms with Gasteiger partial charge in [-0.3, -0.25) is 14.5 Å². The number of nitrogens with one attached hydrogen (secondary N) is 2. The maximum Gasteiger partial charge on any atom is 0.222 e. The van der Waals surface area contributed by atoms with E-state index in [0.29, 0.717) is 27.2 Å². The van der Waals surface area contributed by atoms with Crippen molar-refractivity contribution < 1.29 is 9.53 Å². The number of aromatic amines is 1. The summed E-state index contributed by atoms with van der Waals surface area (Å²) in [6, 6.07) is 12.5. The van der Waals surface area contributed by atoms with Gasteiger partial charge in [0.15, 0.2) is 10.6 Å². The van der Waals surface area contributed by atoms with Crippen LogP contribution in [0.4, 0.5) is 0 Å². The standard InChI is InChI=1S/C20H20Cl2N4O2S/c1-12(16-8-5-14(21)11-17(16)22)23-18(27)9-10-26-19(24-25-20(26)29)13-3-6-15(28-2)7-4-13/h3-8,11-12H,9-10H2,1-2H3,(H,23,27)(H,25,29). The van der Waals surface area contributed by atoms with Crippen LogP contribution in [0, 0.1) is 4.77 Å². The molecule has 3 aromatic rings. The SMILES string of the molecule is COc1ccc(-c2n[nH]c(=S)n2CCC(=O)NC(C)c2ccc(Cl)cc2Cl)cc1. The van der Waals surface area contributed by atoms with Crippen molar-refractivity contribution >= 4 is 41.3 Å². The number of ether oxygens (including phenoxy) is 1. The number of nitrogens with zero attached hydrogens (tertiary/aromatic N) is 2. The molecule has 0 bridgehead atoms. The zero-order valence-electron chi connectivity index (χ0n) is 15.9. The van der Waals surface area contributed by atoms with E-state index in [9.17, 15) is 4.79 Å². The molecule has 2 N–H and O–H groups in total. The molecule has 2 aromatic carbocycles. The van der Waals surface area contributed by atoms with Crippen LogP contribution in [0.1, 0.15) is 24.9 Å². The van der Waals surface area contributed by atoms with Crippen LogP contribution in [0.15, 0.2) is 42.5 Å². The van der Waals surface area contributed by atoms with Gasteiger partial charge in [0.25, 0.3) is 0 Å². The van der Waals surface area contributed by atoms with Crippen molar-refractivity contribution in [3.8, 4) is 17.1 Å². The van der Waals surface area contributed by atoms with Gasteiger partial charge >= 0.3 is 0 Å². The second-order valence-electron chi connectivity index (χ2n) is 6.44. The molecule has 1 aromatic heterocycles. The highest BCUT2D eigenvalue weighted by molar-refractivity contribution is 7.71. The van der Waals surface area contributed by atoms with Crippen LogP contribution in [0.3, 0.4) is 0 Å². The third-order valence-corrected chi connectivity index (χ3v) is 5.35. The number of aromatic nitrogens is 3. The number of H-pyrrole nitrogens is 1. The van der Waals surface area contributed by atoms with Crippen molar-refractivity contribution in [2.75, 3.05) is 7.11 Å². The second-order valence-corrected chi connectivity index (χ2v) is 7.67. The quantitative estimate of drug-likeness (QED) is 0.485. The van der Waals surface area contributed by atoms with Crippen LogP contribution in [0.25, 0.3) is 11.4 Å². The minimum Gasteiger partial charge on any atom is -0.497 e. The van der Waals surface area contributed by atoms with Gasteiger partial charge in [-0.15, -0.1) is 0 Å². The predicted molar refractivity (Wildman–Crippen MR) is 117 cm³/mol. The lowest BCUT2D eigenvalue weighted by Crippen LogP contribution is -2.27. The van der Waals surface area contributed by atoms with Gasteiger partial charge in [-0.2, -0.15) is 5.10 Å². The van der Waals surface area contributed by atoms with Gasteiger partial charge in [-0.05, 0) is 61.1 Å². The molecule has 0 aliphatic carbocycles. The maximum absolute atomic E-state index is 12.5. The number of halogens is 2. The lowest BCUT2D eigenvalue weighted by atomic mass is 10.1. The Kier molecular flexibility index (Phi) is 6.95. The van der Waals surface area contributed by atoms with Crippen LogP contribution in [-0.4, -0.2) is 27.8 Å². The van der Waals surface area contributed by atoms with E-state index in [4.69, 9.17) is 40.2 Å². The third kappa shape index (κ3) is 5.18. The minimum absolute atomic E-state index is 0.118. The second kappa shape index (κ2) is 9.43. The average Bonchev–Trinajstić information content (AvgIpc) is 3.06. The molecule has 6 nitrogen and oxygen atoms in total. The first-order chi connectivity index (χ1) is 13.9. The third-order valence-electron chi connectivity index (χ3n) is 4.48. The van der Waals surface area contributed by atoms with E-state index in [1.807, 2.05) is 37.3 Å². The van der Waals surface area contributed by atoms with Crippen molar-refractivity contribution in [2.24, 2.45) is 0 Å². The Hall–Kier alpha value is -2.35. The summed E-state index contributed by atoms with van der Waals surface area (Å²) in [5.74, 6) is 1.30. The summed E-state index contributed by atoms with van der Waals surface area (Å²) in [6.07, 6.45) is 0.243. The average molecular weight is 451 g/mol. The summed E-state index contributed by atoms with van der Waals surface area (Å²) in [6.45, 7) is 2.27. The van der Waals surface area contributed by atoms with Crippen LogP contribution in [0.2, 0.25) is 10.0 Å². The number of methoxy groups -OCH3 is 1. The van der Waals surface area contributed by atoms with Crippen LogP contribution in [-0.2, 0) is 11.3 Å². The molecule has 0 aliphatic rings. The number of carbonyl (C=O) groups is 1. The van der Waals surface area contributed by atoms with Gasteiger partial charge < -0.3 is 10.1 Å². The fourth-order valence-electron chi connectivity index (χ4n) is 2.94. The Morgan fingerprint density at radius 2 is 2.00 bits per heavy atom. The van der Waals surface area contributed by atoms with Crippen molar-refractivity contribution in [3.05, 3.63) is 62.8 Å². The lowest BCUT2D eigenvalue weighted by molar-refractivity contribution is -0.121. The molecule has 3 rings (SSSR count). The molecular weight excluding hydrogens is 431 g/mol. The molecule has 1 atom stereocenters. The molecule has 9 heteroatoms. The topological polar surface area (TPSA) is 71.9 Å². The van der Waals surface area contributed by atoms with Gasteiger partial charge in [0, 0.05) is 28.6 Å². The van der Waals surface area contributed by atoms with Crippen molar-refractivity contribution in [2.45, 2.75) is 25.9 Å². The van der Waals surface area contributed by atoms with E-state index in [0.717, 1.165) is 16.9 Å². The molecule has 0 saturated carbocycles. The van der Waals surface area contributed by atoms with Gasteiger partial charge in [0.2, 0.25) is 5.91 Å². The van der Waals surface area contributed by atoms with Crippen LogP contribution in [0.5, 0.6) is 5.75 Å². The van der Waals surface area contributed by atoms with E-state index >= 15 is 0 Å². The monoisotopic (exact) mass is 450 g/mol. The number of hydrogen-bond donors (Lipinski definition) is 2. The van der Waals surface area contributed by atoms with E-state index < -0.39 is 0 Å². The molecule has 0 radical (unpaired) electrons. The van der Waals surface area contributed by atoms with Crippen molar-refractivity contribution in [1.29, 1.82) is 0 Å². The van der Waals surface area contributed by atoms with Crippen LogP contribution >= 0.6 is 35.4 Å². The Morgan fingerprint density at radius 3 is 2.66 bits per heavy atom. The zero-order chi connectivity index (χ0) is 21.0. The first kappa shape index (κ1) is 21.4. The summed E-state index contributed by atoms with van der Waals surface area (Å²) < 4.78 is 7.44. The fraction of sp³-hybridized carbons (Fsp3) is 0.250. The van der Waals surface area contributed by atoms with E-state index in [1.54, 1.807) is 23.8 Å². The highest BCUT2D eigenvalue weighted by Gasteiger charge is 2.15. The maximum atomic E-state index is 12.5. The summed E-state index contributed by atoms with van der Waals surface area (Å²) >= 11 is 17.5. The van der Waals surface area contributed by atoms with Gasteiger partial charge in [-0.1, -0.05) is 29.3 Å². The van der Waals surface area contributed by atoms with Crippen molar-refractivity contribution in [3.63, 3.8) is 0 Å². The highest BCUT2D eigenvalue weighted by atomic mass is 35.5. The summed E-state index contributed by atoms with van der Waals surface area (Å²) in [4.78, 5) is 12.5. The molecule has 0 fully saturated rings. The number of rotatable bonds is 7. The van der Waals surface area contributed by atoms with Gasteiger partial charge in [-0.25, -0.2) is 0 Å². The van der Waals surface area contributed by atoms with Crippen LogP contribution < -0.4 is 10.1 Å². The van der Waals surface area contributed by atoms with E-state index in [-0.39, 0.29) is 18.4 Å². The first-order valence-corrected chi connectivity index (χ1v) is 10.1.